The van der Waals surface area contributed by atoms with E-state index in [0.29, 0.717) is 5.69 Å². The SMILES string of the molecule is CC(=O)c1cn(C(c2ccccc2)(c2ccccc2)c2ccccc2)c(=O)n1C. The Balaban J connectivity index is 2.20. The van der Waals surface area contributed by atoms with Gasteiger partial charge in [-0.3, -0.25) is 13.9 Å². The maximum atomic E-state index is 13.4. The Bertz CT molecular complexity index is 1090. The van der Waals surface area contributed by atoms with Gasteiger partial charge in [-0.25, -0.2) is 4.79 Å². The van der Waals surface area contributed by atoms with E-state index in [1.54, 1.807) is 17.8 Å². The molecule has 0 amide bonds. The Kier molecular flexibility index (Phi) is 4.77. The summed E-state index contributed by atoms with van der Waals surface area (Å²) in [4.78, 5) is 25.6. The maximum Gasteiger partial charge on any atom is 0.329 e. The second-order valence-electron chi connectivity index (χ2n) is 7.09. The molecule has 0 N–H and O–H groups in total. The molecule has 0 aliphatic rings. The lowest BCUT2D eigenvalue weighted by molar-refractivity contribution is 0.100. The predicted molar refractivity (Wildman–Crippen MR) is 114 cm³/mol. The van der Waals surface area contributed by atoms with Crippen LogP contribution in [0.25, 0.3) is 0 Å². The Labute approximate surface area is 169 Å². The van der Waals surface area contributed by atoms with Crippen LogP contribution in [0.5, 0.6) is 0 Å². The molecule has 3 aromatic carbocycles. The number of imidazole rings is 1. The molecular formula is C25H22N2O2. The van der Waals surface area contributed by atoms with Crippen molar-refractivity contribution in [3.8, 4) is 0 Å². The van der Waals surface area contributed by atoms with Crippen LogP contribution in [0, 0.1) is 0 Å². The first-order valence-electron chi connectivity index (χ1n) is 9.53. The van der Waals surface area contributed by atoms with E-state index in [9.17, 15) is 9.59 Å². The molecule has 0 aliphatic carbocycles. The molecule has 0 unspecified atom stereocenters. The summed E-state index contributed by atoms with van der Waals surface area (Å²) < 4.78 is 3.11. The zero-order valence-corrected chi connectivity index (χ0v) is 16.4. The van der Waals surface area contributed by atoms with E-state index in [0.717, 1.165) is 16.7 Å². The van der Waals surface area contributed by atoms with Gasteiger partial charge in [0.25, 0.3) is 0 Å². The summed E-state index contributed by atoms with van der Waals surface area (Å²) in [5, 5.41) is 0. The summed E-state index contributed by atoms with van der Waals surface area (Å²) in [5.74, 6) is -0.147. The van der Waals surface area contributed by atoms with Crippen molar-refractivity contribution in [2.75, 3.05) is 0 Å². The summed E-state index contributed by atoms with van der Waals surface area (Å²) >= 11 is 0. The maximum absolute atomic E-state index is 13.4. The van der Waals surface area contributed by atoms with Crippen molar-refractivity contribution in [1.29, 1.82) is 0 Å². The zero-order chi connectivity index (χ0) is 20.4. The normalized spacial score (nSPS) is 11.4. The average molecular weight is 382 g/mol. The molecule has 29 heavy (non-hydrogen) atoms. The molecule has 4 aromatic rings. The van der Waals surface area contributed by atoms with Gasteiger partial charge in [-0.15, -0.1) is 0 Å². The quantitative estimate of drug-likeness (QED) is 0.383. The molecule has 0 saturated heterocycles. The highest BCUT2D eigenvalue weighted by molar-refractivity contribution is 5.92. The van der Waals surface area contributed by atoms with Crippen LogP contribution in [0.3, 0.4) is 0 Å². The van der Waals surface area contributed by atoms with Gasteiger partial charge in [-0.05, 0) is 16.7 Å². The molecule has 0 spiro atoms. The lowest BCUT2D eigenvalue weighted by atomic mass is 9.76. The first-order valence-corrected chi connectivity index (χ1v) is 9.53. The third-order valence-electron chi connectivity index (χ3n) is 5.40. The fourth-order valence-electron chi connectivity index (χ4n) is 4.05. The molecule has 0 atom stereocenters. The van der Waals surface area contributed by atoms with Crippen molar-refractivity contribution >= 4 is 5.78 Å². The van der Waals surface area contributed by atoms with Crippen molar-refractivity contribution < 1.29 is 4.79 Å². The van der Waals surface area contributed by atoms with Gasteiger partial charge in [0, 0.05) is 20.2 Å². The number of aromatic nitrogens is 2. The summed E-state index contributed by atoms with van der Waals surface area (Å²) in [6.07, 6.45) is 1.68. The van der Waals surface area contributed by atoms with Gasteiger partial charge < -0.3 is 0 Å². The highest BCUT2D eigenvalue weighted by Crippen LogP contribution is 2.40. The van der Waals surface area contributed by atoms with Gasteiger partial charge in [0.15, 0.2) is 5.78 Å². The molecule has 0 saturated carbocycles. The van der Waals surface area contributed by atoms with Crippen LogP contribution in [0.1, 0.15) is 34.1 Å². The molecule has 4 rings (SSSR count). The molecular weight excluding hydrogens is 360 g/mol. The Morgan fingerprint density at radius 3 is 1.41 bits per heavy atom. The van der Waals surface area contributed by atoms with Crippen LogP contribution >= 0.6 is 0 Å². The molecule has 0 bridgehead atoms. The number of carbonyl (C=O) groups excluding carboxylic acids is 1. The molecule has 144 valence electrons. The van der Waals surface area contributed by atoms with Crippen molar-refractivity contribution in [2.24, 2.45) is 7.05 Å². The highest BCUT2D eigenvalue weighted by atomic mass is 16.2. The van der Waals surface area contributed by atoms with Crippen LogP contribution < -0.4 is 5.69 Å². The lowest BCUT2D eigenvalue weighted by Gasteiger charge is -2.36. The first-order chi connectivity index (χ1) is 14.1. The van der Waals surface area contributed by atoms with E-state index >= 15 is 0 Å². The van der Waals surface area contributed by atoms with Gasteiger partial charge >= 0.3 is 5.69 Å². The summed E-state index contributed by atoms with van der Waals surface area (Å²) in [5.41, 5.74) is 2.06. The van der Waals surface area contributed by atoms with Crippen molar-refractivity contribution in [3.05, 3.63) is 130 Å². The van der Waals surface area contributed by atoms with E-state index in [1.165, 1.54) is 11.5 Å². The molecule has 1 aromatic heterocycles. The topological polar surface area (TPSA) is 44.0 Å². The molecule has 4 heteroatoms. The second-order valence-corrected chi connectivity index (χ2v) is 7.09. The molecule has 0 radical (unpaired) electrons. The molecule has 0 aliphatic heterocycles. The van der Waals surface area contributed by atoms with Crippen LogP contribution in [-0.2, 0) is 12.6 Å². The van der Waals surface area contributed by atoms with E-state index in [1.807, 2.05) is 91.0 Å². The first kappa shape index (κ1) is 18.7. The largest absolute Gasteiger partial charge is 0.329 e. The van der Waals surface area contributed by atoms with Gasteiger partial charge in [-0.2, -0.15) is 0 Å². The third-order valence-corrected chi connectivity index (χ3v) is 5.40. The third kappa shape index (κ3) is 2.93. The smallest absolute Gasteiger partial charge is 0.293 e. The Hall–Kier alpha value is -3.66. The minimum absolute atomic E-state index is 0.147. The van der Waals surface area contributed by atoms with Crippen molar-refractivity contribution in [1.82, 2.24) is 9.13 Å². The molecule has 4 nitrogen and oxygen atoms in total. The van der Waals surface area contributed by atoms with Gasteiger partial charge in [0.05, 0.1) is 0 Å². The number of benzene rings is 3. The van der Waals surface area contributed by atoms with Crippen LogP contribution in [-0.4, -0.2) is 14.9 Å². The monoisotopic (exact) mass is 382 g/mol. The number of hydrogen-bond acceptors (Lipinski definition) is 2. The summed E-state index contributed by atoms with van der Waals surface area (Å²) in [6, 6.07) is 29.8. The number of Topliss-reactive ketones (excluding diaryl/α,β-unsaturated/α-hetero) is 1. The number of carbonyl (C=O) groups is 1. The Morgan fingerprint density at radius 1 is 0.724 bits per heavy atom. The van der Waals surface area contributed by atoms with Gasteiger partial charge in [0.1, 0.15) is 11.2 Å². The van der Waals surface area contributed by atoms with Crippen molar-refractivity contribution in [2.45, 2.75) is 12.5 Å². The van der Waals surface area contributed by atoms with E-state index in [4.69, 9.17) is 0 Å². The minimum Gasteiger partial charge on any atom is -0.293 e. The number of hydrogen-bond donors (Lipinski definition) is 0. The van der Waals surface area contributed by atoms with E-state index in [2.05, 4.69) is 0 Å². The fraction of sp³-hybridized carbons (Fsp3) is 0.120. The Morgan fingerprint density at radius 2 is 1.10 bits per heavy atom. The van der Waals surface area contributed by atoms with E-state index < -0.39 is 5.54 Å². The number of nitrogens with zero attached hydrogens (tertiary/aromatic N) is 2. The fourth-order valence-corrected chi connectivity index (χ4v) is 4.05. The van der Waals surface area contributed by atoms with Crippen LogP contribution in [0.15, 0.2) is 102 Å². The molecule has 0 fully saturated rings. The van der Waals surface area contributed by atoms with Gasteiger partial charge in [-0.1, -0.05) is 91.0 Å². The van der Waals surface area contributed by atoms with Crippen LogP contribution in [0.4, 0.5) is 0 Å². The van der Waals surface area contributed by atoms with Crippen molar-refractivity contribution in [3.63, 3.8) is 0 Å². The predicted octanol–water partition coefficient (Wildman–Crippen LogP) is 4.23. The number of ketones is 1. The average Bonchev–Trinajstić information content (AvgIpc) is 3.07. The minimum atomic E-state index is -0.910. The molecule has 1 heterocycles. The highest BCUT2D eigenvalue weighted by Gasteiger charge is 2.40. The lowest BCUT2D eigenvalue weighted by Crippen LogP contribution is -2.44. The standard InChI is InChI=1S/C25H22N2O2/c1-19(28)23-18-27(24(29)26(23)2)25(20-12-6-3-7-13-20,21-14-8-4-9-15-21)22-16-10-5-11-17-22/h3-18H,1-2H3. The number of rotatable bonds is 5. The summed E-state index contributed by atoms with van der Waals surface area (Å²) in [7, 11) is 1.64. The summed E-state index contributed by atoms with van der Waals surface area (Å²) in [6.45, 7) is 1.48. The zero-order valence-electron chi connectivity index (χ0n) is 16.4. The van der Waals surface area contributed by atoms with E-state index in [-0.39, 0.29) is 11.5 Å². The van der Waals surface area contributed by atoms with Crippen LogP contribution in [0.2, 0.25) is 0 Å². The second kappa shape index (κ2) is 7.40. The van der Waals surface area contributed by atoms with Gasteiger partial charge in [0.2, 0.25) is 0 Å².